The van der Waals surface area contributed by atoms with Gasteiger partial charge in [-0.3, -0.25) is 4.68 Å². The number of carbonyl (C=O) groups is 1. The number of nitrogen functional groups attached to an aromatic ring is 1. The zero-order valence-corrected chi connectivity index (χ0v) is 16.1. The SMILES string of the molecule is Cl.FC(F)(F)c1cc(C(F)(F)F)n(C2CCNCC2)n1.Nc1ccc(C(=O)O)cc1. The van der Waals surface area contributed by atoms with Gasteiger partial charge >= 0.3 is 18.3 Å². The highest BCUT2D eigenvalue weighted by molar-refractivity contribution is 5.87. The van der Waals surface area contributed by atoms with Gasteiger partial charge in [-0.15, -0.1) is 12.4 Å². The molecule has 1 aliphatic heterocycles. The normalized spacial score (nSPS) is 15.0. The molecule has 30 heavy (non-hydrogen) atoms. The first kappa shape index (κ1) is 25.6. The fourth-order valence-corrected chi connectivity index (χ4v) is 2.70. The van der Waals surface area contributed by atoms with Crippen LogP contribution in [0.25, 0.3) is 0 Å². The topological polar surface area (TPSA) is 93.2 Å². The predicted molar refractivity (Wildman–Crippen MR) is 98.4 cm³/mol. The summed E-state index contributed by atoms with van der Waals surface area (Å²) in [5.74, 6) is -0.931. The summed E-state index contributed by atoms with van der Waals surface area (Å²) in [7, 11) is 0. The van der Waals surface area contributed by atoms with E-state index in [-0.39, 0.29) is 24.0 Å². The third kappa shape index (κ3) is 6.80. The van der Waals surface area contributed by atoms with E-state index in [9.17, 15) is 31.1 Å². The molecule has 1 aliphatic rings. The number of hydrogen-bond donors (Lipinski definition) is 3. The van der Waals surface area contributed by atoms with Crippen LogP contribution in [0.5, 0.6) is 0 Å². The molecule has 13 heteroatoms. The van der Waals surface area contributed by atoms with Gasteiger partial charge in [0.05, 0.1) is 11.6 Å². The number of anilines is 1. The molecule has 0 aliphatic carbocycles. The van der Waals surface area contributed by atoms with Crippen LogP contribution in [-0.2, 0) is 12.4 Å². The van der Waals surface area contributed by atoms with Crippen molar-refractivity contribution < 1.29 is 36.2 Å². The second-order valence-electron chi connectivity index (χ2n) is 6.26. The Hall–Kier alpha value is -2.47. The summed E-state index contributed by atoms with van der Waals surface area (Å²) in [5.41, 5.74) is 3.32. The minimum absolute atomic E-state index is 0. The standard InChI is InChI=1S/C10H11F6N3.C7H7NO2.ClH/c11-9(12,13)7-5-8(10(14,15)16)19(18-7)6-1-3-17-4-2-6;8-6-3-1-5(2-4-6)7(9)10;/h5-6,17H,1-4H2;1-4H,8H2,(H,9,10);1H. The summed E-state index contributed by atoms with van der Waals surface area (Å²) in [6.07, 6.45) is -9.08. The minimum atomic E-state index is -4.88. The van der Waals surface area contributed by atoms with Crippen LogP contribution in [0.3, 0.4) is 0 Å². The summed E-state index contributed by atoms with van der Waals surface area (Å²) < 4.78 is 76.2. The lowest BCUT2D eigenvalue weighted by atomic mass is 10.1. The van der Waals surface area contributed by atoms with Gasteiger partial charge in [-0.1, -0.05) is 0 Å². The summed E-state index contributed by atoms with van der Waals surface area (Å²) >= 11 is 0. The maximum atomic E-state index is 12.8. The lowest BCUT2D eigenvalue weighted by Crippen LogP contribution is -2.31. The quantitative estimate of drug-likeness (QED) is 0.460. The van der Waals surface area contributed by atoms with Gasteiger partial charge in [0.25, 0.3) is 0 Å². The van der Waals surface area contributed by atoms with Crippen LogP contribution in [0, 0.1) is 0 Å². The van der Waals surface area contributed by atoms with Crippen molar-refractivity contribution in [3.05, 3.63) is 47.3 Å². The van der Waals surface area contributed by atoms with Crippen LogP contribution in [0.1, 0.15) is 40.6 Å². The third-order valence-corrected chi connectivity index (χ3v) is 4.13. The third-order valence-electron chi connectivity index (χ3n) is 4.13. The molecule has 168 valence electrons. The molecule has 2 aromatic rings. The molecule has 4 N–H and O–H groups in total. The van der Waals surface area contributed by atoms with Gasteiger partial charge in [0.15, 0.2) is 5.69 Å². The Labute approximate surface area is 173 Å². The highest BCUT2D eigenvalue weighted by Gasteiger charge is 2.43. The highest BCUT2D eigenvalue weighted by Crippen LogP contribution is 2.37. The number of alkyl halides is 6. The number of carboxylic acids is 1. The molecule has 1 fully saturated rings. The lowest BCUT2D eigenvalue weighted by molar-refractivity contribution is -0.145. The Morgan fingerprint density at radius 2 is 1.60 bits per heavy atom. The lowest BCUT2D eigenvalue weighted by Gasteiger charge is -2.25. The van der Waals surface area contributed by atoms with Gasteiger partial charge in [0, 0.05) is 11.8 Å². The largest absolute Gasteiger partial charge is 0.478 e. The first-order valence-corrected chi connectivity index (χ1v) is 8.43. The maximum Gasteiger partial charge on any atom is 0.435 e. The van der Waals surface area contributed by atoms with Crippen LogP contribution < -0.4 is 11.1 Å². The first-order chi connectivity index (χ1) is 13.4. The first-order valence-electron chi connectivity index (χ1n) is 8.43. The fourth-order valence-electron chi connectivity index (χ4n) is 2.70. The second kappa shape index (κ2) is 10.0. The molecular weight excluding hydrogens is 442 g/mol. The van der Waals surface area contributed by atoms with Crippen molar-refractivity contribution in [3.63, 3.8) is 0 Å². The second-order valence-corrected chi connectivity index (χ2v) is 6.26. The van der Waals surface area contributed by atoms with Crippen LogP contribution in [0.4, 0.5) is 32.0 Å². The van der Waals surface area contributed by atoms with Crippen LogP contribution >= 0.6 is 12.4 Å². The zero-order valence-electron chi connectivity index (χ0n) is 15.3. The van der Waals surface area contributed by atoms with E-state index in [4.69, 9.17) is 10.8 Å². The van der Waals surface area contributed by atoms with Gasteiger partial charge < -0.3 is 16.2 Å². The molecule has 3 rings (SSSR count). The Morgan fingerprint density at radius 3 is 2.03 bits per heavy atom. The van der Waals surface area contributed by atoms with E-state index in [1.54, 1.807) is 12.1 Å². The van der Waals surface area contributed by atoms with Gasteiger partial charge in [0.1, 0.15) is 5.69 Å². The van der Waals surface area contributed by atoms with E-state index in [0.29, 0.717) is 36.3 Å². The van der Waals surface area contributed by atoms with E-state index in [0.717, 1.165) is 0 Å². The minimum Gasteiger partial charge on any atom is -0.478 e. The van der Waals surface area contributed by atoms with E-state index < -0.39 is 35.8 Å². The molecule has 0 spiro atoms. The number of aromatic carboxylic acids is 1. The van der Waals surface area contributed by atoms with Crippen molar-refractivity contribution >= 4 is 24.1 Å². The Balaban J connectivity index is 0.000000348. The molecule has 1 saturated heterocycles. The zero-order chi connectivity index (χ0) is 21.8. The Morgan fingerprint density at radius 1 is 1.07 bits per heavy atom. The number of rotatable bonds is 2. The fraction of sp³-hybridized carbons (Fsp3) is 0.412. The van der Waals surface area contributed by atoms with Gasteiger partial charge in [-0.05, 0) is 50.2 Å². The molecule has 6 nitrogen and oxygen atoms in total. The number of nitrogens with one attached hydrogen (secondary N) is 1. The molecular formula is C17H19ClF6N4O2. The highest BCUT2D eigenvalue weighted by atomic mass is 35.5. The molecule has 0 unspecified atom stereocenters. The summed E-state index contributed by atoms with van der Waals surface area (Å²) in [5, 5.41) is 14.5. The number of aromatic nitrogens is 2. The Kier molecular flexibility index (Phi) is 8.54. The van der Waals surface area contributed by atoms with Crippen molar-refractivity contribution in [1.29, 1.82) is 0 Å². The number of benzene rings is 1. The molecule has 0 atom stereocenters. The smallest absolute Gasteiger partial charge is 0.435 e. The molecule has 2 heterocycles. The summed E-state index contributed by atoms with van der Waals surface area (Å²) in [4.78, 5) is 10.3. The van der Waals surface area contributed by atoms with E-state index in [1.165, 1.54) is 12.1 Å². The van der Waals surface area contributed by atoms with Crippen molar-refractivity contribution in [2.24, 2.45) is 0 Å². The number of halogens is 7. The summed E-state index contributed by atoms with van der Waals surface area (Å²) in [6.45, 7) is 0.923. The van der Waals surface area contributed by atoms with Crippen molar-refractivity contribution in [3.8, 4) is 0 Å². The number of piperidine rings is 1. The number of carboxylic acid groups (broad SMARTS) is 1. The van der Waals surface area contributed by atoms with Crippen LogP contribution in [0.15, 0.2) is 30.3 Å². The molecule has 0 radical (unpaired) electrons. The van der Waals surface area contributed by atoms with E-state index in [1.807, 2.05) is 0 Å². The molecule has 0 saturated carbocycles. The molecule has 0 bridgehead atoms. The summed E-state index contributed by atoms with van der Waals surface area (Å²) in [6, 6.07) is 5.47. The van der Waals surface area contributed by atoms with Crippen molar-refractivity contribution in [1.82, 2.24) is 15.1 Å². The van der Waals surface area contributed by atoms with E-state index in [2.05, 4.69) is 10.4 Å². The molecule has 0 amide bonds. The van der Waals surface area contributed by atoms with Gasteiger partial charge in [-0.2, -0.15) is 31.4 Å². The predicted octanol–water partition coefficient (Wildman–Crippen LogP) is 4.23. The van der Waals surface area contributed by atoms with Gasteiger partial charge in [0.2, 0.25) is 0 Å². The Bertz CT molecular complexity index is 830. The van der Waals surface area contributed by atoms with Crippen molar-refractivity contribution in [2.45, 2.75) is 31.2 Å². The van der Waals surface area contributed by atoms with Crippen LogP contribution in [-0.4, -0.2) is 33.9 Å². The van der Waals surface area contributed by atoms with Crippen molar-refractivity contribution in [2.75, 3.05) is 18.8 Å². The van der Waals surface area contributed by atoms with Gasteiger partial charge in [-0.25, -0.2) is 4.79 Å². The van der Waals surface area contributed by atoms with Crippen LogP contribution in [0.2, 0.25) is 0 Å². The molecule has 1 aromatic heterocycles. The average Bonchev–Trinajstić information content (AvgIpc) is 3.10. The number of hydrogen-bond acceptors (Lipinski definition) is 4. The number of nitrogens with two attached hydrogens (primary N) is 1. The number of nitrogens with zero attached hydrogens (tertiary/aromatic N) is 2. The van der Waals surface area contributed by atoms with E-state index >= 15 is 0 Å². The monoisotopic (exact) mass is 460 g/mol. The maximum absolute atomic E-state index is 12.8. The average molecular weight is 461 g/mol. The molecule has 1 aromatic carbocycles.